The summed E-state index contributed by atoms with van der Waals surface area (Å²) in [5.74, 6) is 0. The van der Waals surface area contributed by atoms with Crippen LogP contribution in [0.3, 0.4) is 0 Å². The summed E-state index contributed by atoms with van der Waals surface area (Å²) in [5, 5.41) is 4.57. The van der Waals surface area contributed by atoms with Crippen molar-refractivity contribution < 1.29 is 0 Å². The Bertz CT molecular complexity index is 429. The first-order chi connectivity index (χ1) is 6.81. The number of unbranched alkanes of at least 4 members (excludes halogenated alkanes) is 1. The second kappa shape index (κ2) is 3.82. The SMILES string of the molecule is CCCCc1cc2cccc(C)n2n1. The molecule has 0 amide bonds. The molecule has 0 unspecified atom stereocenters. The van der Waals surface area contributed by atoms with E-state index in [-0.39, 0.29) is 0 Å². The van der Waals surface area contributed by atoms with Crippen LogP contribution in [0.2, 0.25) is 0 Å². The van der Waals surface area contributed by atoms with Gasteiger partial charge in [0.05, 0.1) is 11.2 Å². The van der Waals surface area contributed by atoms with Gasteiger partial charge in [-0.2, -0.15) is 5.10 Å². The van der Waals surface area contributed by atoms with E-state index in [1.807, 2.05) is 4.52 Å². The third kappa shape index (κ3) is 1.65. The fourth-order valence-corrected chi connectivity index (χ4v) is 1.68. The van der Waals surface area contributed by atoms with E-state index in [2.05, 4.69) is 43.2 Å². The van der Waals surface area contributed by atoms with E-state index in [0.717, 1.165) is 6.42 Å². The fraction of sp³-hybridized carbons (Fsp3) is 0.417. The zero-order valence-electron chi connectivity index (χ0n) is 8.83. The highest BCUT2D eigenvalue weighted by Crippen LogP contribution is 2.10. The lowest BCUT2D eigenvalue weighted by atomic mass is 10.2. The molecule has 2 nitrogen and oxygen atoms in total. The van der Waals surface area contributed by atoms with Gasteiger partial charge < -0.3 is 0 Å². The zero-order valence-corrected chi connectivity index (χ0v) is 8.83. The lowest BCUT2D eigenvalue weighted by Crippen LogP contribution is -1.93. The van der Waals surface area contributed by atoms with Crippen molar-refractivity contribution in [2.24, 2.45) is 0 Å². The van der Waals surface area contributed by atoms with Crippen LogP contribution in [0.5, 0.6) is 0 Å². The average molecular weight is 188 g/mol. The fourth-order valence-electron chi connectivity index (χ4n) is 1.68. The molecule has 0 radical (unpaired) electrons. The number of pyridine rings is 1. The number of fused-ring (bicyclic) bond motifs is 1. The molecule has 2 heterocycles. The highest BCUT2D eigenvalue weighted by atomic mass is 15.2. The maximum Gasteiger partial charge on any atom is 0.0667 e. The van der Waals surface area contributed by atoms with Crippen LogP contribution in [-0.4, -0.2) is 9.61 Å². The molecular formula is C12H16N2. The summed E-state index contributed by atoms with van der Waals surface area (Å²) in [6.07, 6.45) is 3.55. The Balaban J connectivity index is 2.36. The molecule has 0 fully saturated rings. The highest BCUT2D eigenvalue weighted by molar-refractivity contribution is 5.48. The molecule has 0 bridgehead atoms. The van der Waals surface area contributed by atoms with Crippen molar-refractivity contribution in [1.29, 1.82) is 0 Å². The number of hydrogen-bond donors (Lipinski definition) is 0. The Hall–Kier alpha value is -1.31. The molecule has 0 aromatic carbocycles. The Labute approximate surface area is 84.6 Å². The number of aryl methyl sites for hydroxylation is 2. The largest absolute Gasteiger partial charge is 0.238 e. The molecule has 14 heavy (non-hydrogen) atoms. The van der Waals surface area contributed by atoms with E-state index in [0.29, 0.717) is 0 Å². The summed E-state index contributed by atoms with van der Waals surface area (Å²) in [7, 11) is 0. The summed E-state index contributed by atoms with van der Waals surface area (Å²) in [6, 6.07) is 8.46. The lowest BCUT2D eigenvalue weighted by molar-refractivity contribution is 0.758. The van der Waals surface area contributed by atoms with Gasteiger partial charge in [0.1, 0.15) is 0 Å². The van der Waals surface area contributed by atoms with Gasteiger partial charge in [-0.25, -0.2) is 4.52 Å². The van der Waals surface area contributed by atoms with E-state index >= 15 is 0 Å². The van der Waals surface area contributed by atoms with Crippen molar-refractivity contribution in [2.45, 2.75) is 33.1 Å². The van der Waals surface area contributed by atoms with E-state index in [4.69, 9.17) is 0 Å². The molecule has 2 rings (SSSR count). The standard InChI is InChI=1S/C12H16N2/c1-3-4-7-11-9-12-8-5-6-10(2)14(12)13-11/h5-6,8-9H,3-4,7H2,1-2H3. The van der Waals surface area contributed by atoms with Crippen molar-refractivity contribution in [3.05, 3.63) is 35.7 Å². The quantitative estimate of drug-likeness (QED) is 0.723. The Kier molecular flexibility index (Phi) is 2.53. The Morgan fingerprint density at radius 2 is 2.21 bits per heavy atom. The average Bonchev–Trinajstić information content (AvgIpc) is 2.59. The maximum absolute atomic E-state index is 4.57. The summed E-state index contributed by atoms with van der Waals surface area (Å²) in [5.41, 5.74) is 3.61. The molecule has 0 saturated heterocycles. The first-order valence-electron chi connectivity index (χ1n) is 5.25. The van der Waals surface area contributed by atoms with Crippen LogP contribution in [0, 0.1) is 6.92 Å². The van der Waals surface area contributed by atoms with Crippen molar-refractivity contribution in [3.63, 3.8) is 0 Å². The van der Waals surface area contributed by atoms with Crippen LogP contribution in [0.1, 0.15) is 31.2 Å². The molecule has 0 aliphatic heterocycles. The van der Waals surface area contributed by atoms with Crippen LogP contribution in [0.4, 0.5) is 0 Å². The van der Waals surface area contributed by atoms with Crippen molar-refractivity contribution in [2.75, 3.05) is 0 Å². The minimum Gasteiger partial charge on any atom is -0.238 e. The molecule has 0 atom stereocenters. The summed E-state index contributed by atoms with van der Waals surface area (Å²) in [4.78, 5) is 0. The second-order valence-electron chi connectivity index (χ2n) is 3.74. The van der Waals surface area contributed by atoms with Gasteiger partial charge in [0.2, 0.25) is 0 Å². The number of hydrogen-bond acceptors (Lipinski definition) is 1. The molecule has 0 N–H and O–H groups in total. The van der Waals surface area contributed by atoms with E-state index < -0.39 is 0 Å². The maximum atomic E-state index is 4.57. The molecule has 0 saturated carbocycles. The number of aromatic nitrogens is 2. The topological polar surface area (TPSA) is 17.3 Å². The van der Waals surface area contributed by atoms with Crippen molar-refractivity contribution in [1.82, 2.24) is 9.61 Å². The molecule has 0 aliphatic carbocycles. The predicted octanol–water partition coefficient (Wildman–Crippen LogP) is 2.99. The van der Waals surface area contributed by atoms with Gasteiger partial charge in [0, 0.05) is 5.69 Å². The van der Waals surface area contributed by atoms with Gasteiger partial charge in [0.25, 0.3) is 0 Å². The van der Waals surface area contributed by atoms with Gasteiger partial charge in [0.15, 0.2) is 0 Å². The molecule has 2 heteroatoms. The highest BCUT2D eigenvalue weighted by Gasteiger charge is 2.01. The van der Waals surface area contributed by atoms with Crippen LogP contribution < -0.4 is 0 Å². The molecule has 2 aromatic heterocycles. The van der Waals surface area contributed by atoms with E-state index in [1.54, 1.807) is 0 Å². The Morgan fingerprint density at radius 3 is 2.93 bits per heavy atom. The summed E-state index contributed by atoms with van der Waals surface area (Å²) >= 11 is 0. The molecular weight excluding hydrogens is 172 g/mol. The number of rotatable bonds is 3. The van der Waals surface area contributed by atoms with Crippen LogP contribution >= 0.6 is 0 Å². The van der Waals surface area contributed by atoms with Gasteiger partial charge in [-0.15, -0.1) is 0 Å². The number of nitrogens with zero attached hydrogens (tertiary/aromatic N) is 2. The van der Waals surface area contributed by atoms with Gasteiger partial charge in [-0.05, 0) is 38.0 Å². The van der Waals surface area contributed by atoms with E-state index in [9.17, 15) is 0 Å². The monoisotopic (exact) mass is 188 g/mol. The third-order valence-corrected chi connectivity index (χ3v) is 2.51. The van der Waals surface area contributed by atoms with Gasteiger partial charge in [-0.1, -0.05) is 19.4 Å². The van der Waals surface area contributed by atoms with Crippen molar-refractivity contribution >= 4 is 5.52 Å². The van der Waals surface area contributed by atoms with E-state index in [1.165, 1.54) is 29.7 Å². The summed E-state index contributed by atoms with van der Waals surface area (Å²) < 4.78 is 2.02. The van der Waals surface area contributed by atoms with Gasteiger partial charge in [-0.3, -0.25) is 0 Å². The predicted molar refractivity (Wildman–Crippen MR) is 58.5 cm³/mol. The molecule has 0 spiro atoms. The smallest absolute Gasteiger partial charge is 0.0667 e. The molecule has 2 aromatic rings. The zero-order chi connectivity index (χ0) is 9.97. The van der Waals surface area contributed by atoms with Crippen LogP contribution in [0.15, 0.2) is 24.3 Å². The first-order valence-corrected chi connectivity index (χ1v) is 5.25. The third-order valence-electron chi connectivity index (χ3n) is 2.51. The lowest BCUT2D eigenvalue weighted by Gasteiger charge is -1.96. The first kappa shape index (κ1) is 9.25. The minimum absolute atomic E-state index is 1.09. The van der Waals surface area contributed by atoms with Crippen LogP contribution in [-0.2, 0) is 6.42 Å². The Morgan fingerprint density at radius 1 is 1.36 bits per heavy atom. The van der Waals surface area contributed by atoms with Gasteiger partial charge >= 0.3 is 0 Å². The normalized spacial score (nSPS) is 11.0. The molecule has 74 valence electrons. The second-order valence-corrected chi connectivity index (χ2v) is 3.74. The minimum atomic E-state index is 1.09. The van der Waals surface area contributed by atoms with Crippen LogP contribution in [0.25, 0.3) is 5.52 Å². The summed E-state index contributed by atoms with van der Waals surface area (Å²) in [6.45, 7) is 4.30. The van der Waals surface area contributed by atoms with Crippen molar-refractivity contribution in [3.8, 4) is 0 Å². The molecule has 0 aliphatic rings.